The molecule has 0 N–H and O–H groups in total. The van der Waals surface area contributed by atoms with Gasteiger partial charge in [0.2, 0.25) is 0 Å². The Hall–Kier alpha value is -0.940. The van der Waals surface area contributed by atoms with Crippen LogP contribution in [0.25, 0.3) is 0 Å². The summed E-state index contributed by atoms with van der Waals surface area (Å²) < 4.78 is 11.2. The zero-order chi connectivity index (χ0) is 11.5. The van der Waals surface area contributed by atoms with Gasteiger partial charge in [-0.3, -0.25) is 9.00 Å². The lowest BCUT2D eigenvalue weighted by molar-refractivity contribution is 0.0765. The van der Waals surface area contributed by atoms with Crippen LogP contribution in [0.4, 0.5) is 0 Å². The van der Waals surface area contributed by atoms with Gasteiger partial charge in [-0.15, -0.1) is 0 Å². The Balaban J connectivity index is 2.10. The largest absolute Gasteiger partial charge is 0.335 e. The molecule has 1 aromatic rings. The Kier molecular flexibility index (Phi) is 3.56. The summed E-state index contributed by atoms with van der Waals surface area (Å²) in [5.41, 5.74) is 0.347. The molecule has 1 fully saturated rings. The Morgan fingerprint density at radius 3 is 2.69 bits per heavy atom. The number of hydrogen-bond acceptors (Lipinski definition) is 3. The number of pyridine rings is 1. The van der Waals surface area contributed by atoms with E-state index in [1.165, 1.54) is 0 Å². The van der Waals surface area contributed by atoms with Crippen LogP contribution >= 0.6 is 11.6 Å². The summed E-state index contributed by atoms with van der Waals surface area (Å²) in [6.45, 7) is 1.05. The maximum Gasteiger partial charge on any atom is 0.272 e. The molecule has 0 atom stereocenters. The van der Waals surface area contributed by atoms with Crippen molar-refractivity contribution in [3.63, 3.8) is 0 Å². The highest BCUT2D eigenvalue weighted by Gasteiger charge is 2.21. The van der Waals surface area contributed by atoms with E-state index in [0.29, 0.717) is 35.4 Å². The van der Waals surface area contributed by atoms with E-state index in [4.69, 9.17) is 11.6 Å². The minimum Gasteiger partial charge on any atom is -0.335 e. The van der Waals surface area contributed by atoms with Crippen molar-refractivity contribution in [3.05, 3.63) is 29.0 Å². The van der Waals surface area contributed by atoms with E-state index < -0.39 is 10.8 Å². The minimum atomic E-state index is -0.779. The lowest BCUT2D eigenvalue weighted by Gasteiger charge is -2.25. The van der Waals surface area contributed by atoms with Crippen LogP contribution in [-0.4, -0.2) is 44.6 Å². The Morgan fingerprint density at radius 1 is 1.38 bits per heavy atom. The lowest BCUT2D eigenvalue weighted by Crippen LogP contribution is -2.42. The fourth-order valence-corrected chi connectivity index (χ4v) is 2.75. The molecular weight excluding hydrogens is 248 g/mol. The van der Waals surface area contributed by atoms with E-state index in [9.17, 15) is 9.00 Å². The smallest absolute Gasteiger partial charge is 0.272 e. The van der Waals surface area contributed by atoms with Crippen molar-refractivity contribution >= 4 is 28.3 Å². The third-order valence-electron chi connectivity index (χ3n) is 2.40. The van der Waals surface area contributed by atoms with Crippen LogP contribution in [0.15, 0.2) is 18.2 Å². The Bertz CT molecular complexity index is 429. The fourth-order valence-electron chi connectivity index (χ4n) is 1.53. The second-order valence-corrected chi connectivity index (χ2v) is 5.57. The third-order valence-corrected chi connectivity index (χ3v) is 3.89. The first-order valence-corrected chi connectivity index (χ1v) is 6.80. The number of carbonyl (C=O) groups is 1. The third kappa shape index (κ3) is 2.59. The molecule has 16 heavy (non-hydrogen) atoms. The number of halogens is 1. The van der Waals surface area contributed by atoms with Crippen molar-refractivity contribution in [1.29, 1.82) is 0 Å². The highest BCUT2D eigenvalue weighted by Crippen LogP contribution is 2.09. The highest BCUT2D eigenvalue weighted by atomic mass is 35.5. The van der Waals surface area contributed by atoms with Crippen molar-refractivity contribution < 1.29 is 9.00 Å². The number of amides is 1. The summed E-state index contributed by atoms with van der Waals surface area (Å²) in [7, 11) is -0.779. The van der Waals surface area contributed by atoms with E-state index in [-0.39, 0.29) is 5.91 Å². The predicted octanol–water partition coefficient (Wildman–Crippen LogP) is 0.939. The second kappa shape index (κ2) is 4.93. The molecule has 0 aromatic carbocycles. The average molecular weight is 259 g/mol. The zero-order valence-electron chi connectivity index (χ0n) is 8.56. The number of rotatable bonds is 1. The van der Waals surface area contributed by atoms with E-state index >= 15 is 0 Å². The van der Waals surface area contributed by atoms with Crippen LogP contribution in [0, 0.1) is 0 Å². The number of nitrogens with zero attached hydrogens (tertiary/aromatic N) is 2. The topological polar surface area (TPSA) is 50.3 Å². The molecule has 0 saturated carbocycles. The summed E-state index contributed by atoms with van der Waals surface area (Å²) in [5, 5.41) is 0.312. The standard InChI is InChI=1S/C10H11ClN2O2S/c11-9-3-1-2-8(12-9)10(14)13-4-6-16(15)7-5-13/h1-3H,4-7H2. The van der Waals surface area contributed by atoms with E-state index in [0.717, 1.165) is 0 Å². The van der Waals surface area contributed by atoms with Crippen molar-refractivity contribution in [2.75, 3.05) is 24.6 Å². The first-order chi connectivity index (χ1) is 7.66. The van der Waals surface area contributed by atoms with Crippen molar-refractivity contribution in [2.45, 2.75) is 0 Å². The maximum absolute atomic E-state index is 12.0. The maximum atomic E-state index is 12.0. The quantitative estimate of drug-likeness (QED) is 0.705. The summed E-state index contributed by atoms with van der Waals surface area (Å²) >= 11 is 5.72. The van der Waals surface area contributed by atoms with E-state index in [2.05, 4.69) is 4.98 Å². The van der Waals surface area contributed by atoms with Gasteiger partial charge in [-0.2, -0.15) is 0 Å². The Labute approximate surface area is 101 Å². The van der Waals surface area contributed by atoms with E-state index in [1.807, 2.05) is 0 Å². The van der Waals surface area contributed by atoms with Gasteiger partial charge in [-0.1, -0.05) is 17.7 Å². The molecule has 86 valence electrons. The van der Waals surface area contributed by atoms with Gasteiger partial charge in [0.25, 0.3) is 5.91 Å². The van der Waals surface area contributed by atoms with E-state index in [1.54, 1.807) is 23.1 Å². The molecule has 0 bridgehead atoms. The summed E-state index contributed by atoms with van der Waals surface area (Å²) in [6.07, 6.45) is 0. The zero-order valence-corrected chi connectivity index (χ0v) is 10.1. The molecule has 1 aliphatic heterocycles. The van der Waals surface area contributed by atoms with Gasteiger partial charge in [0.15, 0.2) is 0 Å². The van der Waals surface area contributed by atoms with Gasteiger partial charge >= 0.3 is 0 Å². The van der Waals surface area contributed by atoms with Crippen molar-refractivity contribution in [3.8, 4) is 0 Å². The van der Waals surface area contributed by atoms with Gasteiger partial charge in [-0.05, 0) is 12.1 Å². The molecule has 1 saturated heterocycles. The molecule has 0 aliphatic carbocycles. The van der Waals surface area contributed by atoms with Crippen LogP contribution in [0.5, 0.6) is 0 Å². The monoisotopic (exact) mass is 258 g/mol. The minimum absolute atomic E-state index is 0.140. The molecule has 2 rings (SSSR count). The second-order valence-electron chi connectivity index (χ2n) is 3.49. The van der Waals surface area contributed by atoms with Gasteiger partial charge in [0, 0.05) is 35.4 Å². The average Bonchev–Trinajstić information content (AvgIpc) is 2.29. The van der Waals surface area contributed by atoms with Gasteiger partial charge in [0.05, 0.1) is 0 Å². The molecule has 1 aromatic heterocycles. The molecule has 0 radical (unpaired) electrons. The lowest BCUT2D eigenvalue weighted by atomic mass is 10.3. The molecule has 2 heterocycles. The SMILES string of the molecule is O=C(c1cccc(Cl)n1)N1CCS(=O)CC1. The first-order valence-electron chi connectivity index (χ1n) is 4.93. The molecule has 1 amide bonds. The molecular formula is C10H11ClN2O2S. The number of aromatic nitrogens is 1. The normalized spacial score (nSPS) is 17.4. The molecule has 6 heteroatoms. The number of hydrogen-bond donors (Lipinski definition) is 0. The van der Waals surface area contributed by atoms with Crippen LogP contribution < -0.4 is 0 Å². The number of carbonyl (C=O) groups excluding carboxylic acids is 1. The van der Waals surface area contributed by atoms with Crippen molar-refractivity contribution in [2.24, 2.45) is 0 Å². The van der Waals surface area contributed by atoms with Crippen LogP contribution in [0.2, 0.25) is 5.15 Å². The first kappa shape index (κ1) is 11.5. The highest BCUT2D eigenvalue weighted by molar-refractivity contribution is 7.85. The Morgan fingerprint density at radius 2 is 2.06 bits per heavy atom. The predicted molar refractivity (Wildman–Crippen MR) is 63.0 cm³/mol. The molecule has 1 aliphatic rings. The summed E-state index contributed by atoms with van der Waals surface area (Å²) in [4.78, 5) is 17.6. The molecule has 4 nitrogen and oxygen atoms in total. The van der Waals surface area contributed by atoms with Crippen molar-refractivity contribution in [1.82, 2.24) is 9.88 Å². The van der Waals surface area contributed by atoms with Crippen LogP contribution in [-0.2, 0) is 10.8 Å². The summed E-state index contributed by atoms with van der Waals surface area (Å²) in [6, 6.07) is 4.97. The van der Waals surface area contributed by atoms with Gasteiger partial charge in [0.1, 0.15) is 10.8 Å². The van der Waals surface area contributed by atoms with Gasteiger partial charge < -0.3 is 4.90 Å². The molecule has 0 unspecified atom stereocenters. The fraction of sp³-hybridized carbons (Fsp3) is 0.400. The van der Waals surface area contributed by atoms with Crippen LogP contribution in [0.3, 0.4) is 0 Å². The summed E-state index contributed by atoms with van der Waals surface area (Å²) in [5.74, 6) is 0.956. The van der Waals surface area contributed by atoms with Gasteiger partial charge in [-0.25, -0.2) is 4.98 Å². The van der Waals surface area contributed by atoms with Crippen LogP contribution in [0.1, 0.15) is 10.5 Å². The molecule has 0 spiro atoms.